The lowest BCUT2D eigenvalue weighted by Crippen LogP contribution is -2.24. The maximum atomic E-state index is 11.6. The van der Waals surface area contributed by atoms with Crippen LogP contribution in [0.15, 0.2) is 25.3 Å². The normalized spacial score (nSPS) is 11.9. The van der Waals surface area contributed by atoms with Crippen molar-refractivity contribution in [2.45, 2.75) is 33.1 Å². The predicted octanol–water partition coefficient (Wildman–Crippen LogP) is 2.87. The van der Waals surface area contributed by atoms with Crippen LogP contribution in [0.2, 0.25) is 0 Å². The van der Waals surface area contributed by atoms with E-state index in [-0.39, 0.29) is 18.3 Å². The minimum absolute atomic E-state index is 0.137. The van der Waals surface area contributed by atoms with Crippen molar-refractivity contribution in [1.29, 1.82) is 0 Å². The molecule has 0 aromatic rings. The van der Waals surface area contributed by atoms with Crippen LogP contribution in [0.3, 0.4) is 0 Å². The van der Waals surface area contributed by atoms with Crippen LogP contribution in [0, 0.1) is 11.8 Å². The van der Waals surface area contributed by atoms with E-state index < -0.39 is 11.9 Å². The first-order valence-corrected chi connectivity index (χ1v) is 5.49. The van der Waals surface area contributed by atoms with Gasteiger partial charge in [0.1, 0.15) is 0 Å². The summed E-state index contributed by atoms with van der Waals surface area (Å²) in [4.78, 5) is 22.9. The molecule has 0 heterocycles. The highest BCUT2D eigenvalue weighted by atomic mass is 16.6. The van der Waals surface area contributed by atoms with Gasteiger partial charge in [0.2, 0.25) is 0 Å². The molecule has 16 heavy (non-hydrogen) atoms. The van der Waals surface area contributed by atoms with Gasteiger partial charge in [0, 0.05) is 6.42 Å². The number of hydrogen-bond acceptors (Lipinski definition) is 3. The SMILES string of the molecule is C=CCCC(=O)OC(=O)[C@@H](CC=C)C(C)C. The van der Waals surface area contributed by atoms with Crippen molar-refractivity contribution in [1.82, 2.24) is 0 Å². The molecule has 0 saturated carbocycles. The Morgan fingerprint density at radius 2 is 1.88 bits per heavy atom. The molecule has 0 spiro atoms. The summed E-state index contributed by atoms with van der Waals surface area (Å²) in [6.07, 6.45) is 4.55. The summed E-state index contributed by atoms with van der Waals surface area (Å²) in [6, 6.07) is 0. The highest BCUT2D eigenvalue weighted by Gasteiger charge is 2.24. The summed E-state index contributed by atoms with van der Waals surface area (Å²) in [5.41, 5.74) is 0. The monoisotopic (exact) mass is 224 g/mol. The minimum atomic E-state index is -0.486. The number of ether oxygens (including phenoxy) is 1. The van der Waals surface area contributed by atoms with Crippen LogP contribution in [0.25, 0.3) is 0 Å². The van der Waals surface area contributed by atoms with Crippen LogP contribution in [-0.2, 0) is 14.3 Å². The number of carbonyl (C=O) groups excluding carboxylic acids is 2. The summed E-state index contributed by atoms with van der Waals surface area (Å²) in [6.45, 7) is 10.9. The smallest absolute Gasteiger partial charge is 0.317 e. The number of carbonyl (C=O) groups is 2. The Morgan fingerprint density at radius 3 is 2.31 bits per heavy atom. The van der Waals surface area contributed by atoms with Crippen LogP contribution in [0.4, 0.5) is 0 Å². The first kappa shape index (κ1) is 14.6. The first-order valence-electron chi connectivity index (χ1n) is 5.49. The Bertz CT molecular complexity index is 266. The average Bonchev–Trinajstić information content (AvgIpc) is 2.22. The fourth-order valence-electron chi connectivity index (χ4n) is 1.28. The molecule has 0 aliphatic heterocycles. The molecule has 0 amide bonds. The zero-order valence-electron chi connectivity index (χ0n) is 10.1. The van der Waals surface area contributed by atoms with Gasteiger partial charge in [-0.3, -0.25) is 9.59 Å². The van der Waals surface area contributed by atoms with E-state index in [4.69, 9.17) is 4.74 Å². The number of hydrogen-bond donors (Lipinski definition) is 0. The van der Waals surface area contributed by atoms with E-state index in [2.05, 4.69) is 13.2 Å². The van der Waals surface area contributed by atoms with E-state index >= 15 is 0 Å². The van der Waals surface area contributed by atoms with E-state index in [1.54, 1.807) is 12.2 Å². The zero-order valence-corrected chi connectivity index (χ0v) is 10.1. The van der Waals surface area contributed by atoms with E-state index in [1.807, 2.05) is 13.8 Å². The molecule has 0 bridgehead atoms. The minimum Gasteiger partial charge on any atom is -0.393 e. The van der Waals surface area contributed by atoms with Crippen molar-refractivity contribution in [3.63, 3.8) is 0 Å². The highest BCUT2D eigenvalue weighted by molar-refractivity contribution is 5.86. The van der Waals surface area contributed by atoms with E-state index in [0.717, 1.165) is 0 Å². The number of rotatable bonds is 7. The van der Waals surface area contributed by atoms with Crippen molar-refractivity contribution in [2.75, 3.05) is 0 Å². The quantitative estimate of drug-likeness (QED) is 0.379. The van der Waals surface area contributed by atoms with Crippen molar-refractivity contribution >= 4 is 11.9 Å². The molecule has 3 nitrogen and oxygen atoms in total. The average molecular weight is 224 g/mol. The first-order chi connectivity index (χ1) is 7.52. The Kier molecular flexibility index (Phi) is 7.18. The van der Waals surface area contributed by atoms with Crippen molar-refractivity contribution < 1.29 is 14.3 Å². The van der Waals surface area contributed by atoms with Gasteiger partial charge in [0.25, 0.3) is 0 Å². The van der Waals surface area contributed by atoms with Gasteiger partial charge < -0.3 is 4.74 Å². The molecule has 90 valence electrons. The van der Waals surface area contributed by atoms with Gasteiger partial charge in [-0.25, -0.2) is 0 Å². The number of esters is 2. The van der Waals surface area contributed by atoms with Crippen LogP contribution in [-0.4, -0.2) is 11.9 Å². The van der Waals surface area contributed by atoms with Gasteiger partial charge >= 0.3 is 11.9 Å². The Morgan fingerprint density at radius 1 is 1.25 bits per heavy atom. The highest BCUT2D eigenvalue weighted by Crippen LogP contribution is 2.17. The number of allylic oxidation sites excluding steroid dienone is 2. The summed E-state index contributed by atoms with van der Waals surface area (Å²) < 4.78 is 4.76. The summed E-state index contributed by atoms with van der Waals surface area (Å²) in [7, 11) is 0. The molecule has 3 heteroatoms. The standard InChI is InChI=1S/C13H20O3/c1-5-7-9-12(14)16-13(15)11(8-6-2)10(3)4/h5-6,10-11H,1-2,7-9H2,3-4H3/t11-/m0/s1. The summed E-state index contributed by atoms with van der Waals surface area (Å²) >= 11 is 0. The molecule has 0 rings (SSSR count). The Hall–Kier alpha value is -1.38. The fourth-order valence-corrected chi connectivity index (χ4v) is 1.28. The van der Waals surface area contributed by atoms with Gasteiger partial charge in [-0.2, -0.15) is 0 Å². The Labute approximate surface area is 97.2 Å². The second kappa shape index (κ2) is 7.85. The largest absolute Gasteiger partial charge is 0.393 e. The van der Waals surface area contributed by atoms with Gasteiger partial charge in [0.05, 0.1) is 5.92 Å². The van der Waals surface area contributed by atoms with Crippen molar-refractivity contribution in [3.8, 4) is 0 Å². The van der Waals surface area contributed by atoms with Crippen LogP contribution < -0.4 is 0 Å². The summed E-state index contributed by atoms with van der Waals surface area (Å²) in [5, 5.41) is 0. The molecular weight excluding hydrogens is 204 g/mol. The lowest BCUT2D eigenvalue weighted by molar-refractivity contribution is -0.163. The third-order valence-electron chi connectivity index (χ3n) is 2.30. The van der Waals surface area contributed by atoms with E-state index in [9.17, 15) is 9.59 Å². The maximum absolute atomic E-state index is 11.6. The molecule has 0 aliphatic rings. The van der Waals surface area contributed by atoms with E-state index in [0.29, 0.717) is 12.8 Å². The fraction of sp³-hybridized carbons (Fsp3) is 0.538. The van der Waals surface area contributed by atoms with Gasteiger partial charge in [0.15, 0.2) is 0 Å². The van der Waals surface area contributed by atoms with Crippen LogP contribution in [0.1, 0.15) is 33.1 Å². The molecule has 0 aliphatic carbocycles. The van der Waals surface area contributed by atoms with Crippen LogP contribution >= 0.6 is 0 Å². The predicted molar refractivity (Wildman–Crippen MR) is 63.7 cm³/mol. The maximum Gasteiger partial charge on any atom is 0.317 e. The van der Waals surface area contributed by atoms with E-state index in [1.165, 1.54) is 0 Å². The molecule has 0 aromatic heterocycles. The van der Waals surface area contributed by atoms with Gasteiger partial charge in [-0.15, -0.1) is 13.2 Å². The van der Waals surface area contributed by atoms with Crippen molar-refractivity contribution in [2.24, 2.45) is 11.8 Å². The molecule has 1 atom stereocenters. The molecule has 0 unspecified atom stereocenters. The summed E-state index contributed by atoms with van der Waals surface area (Å²) in [5.74, 6) is -1.09. The lowest BCUT2D eigenvalue weighted by Gasteiger charge is -2.16. The molecule has 0 radical (unpaired) electrons. The van der Waals surface area contributed by atoms with Crippen molar-refractivity contribution in [3.05, 3.63) is 25.3 Å². The second-order valence-corrected chi connectivity index (χ2v) is 4.00. The van der Waals surface area contributed by atoms with Crippen LogP contribution in [0.5, 0.6) is 0 Å². The van der Waals surface area contributed by atoms with Gasteiger partial charge in [-0.1, -0.05) is 26.0 Å². The molecule has 0 fully saturated rings. The third kappa shape index (κ3) is 5.49. The van der Waals surface area contributed by atoms with Gasteiger partial charge in [-0.05, 0) is 18.8 Å². The topological polar surface area (TPSA) is 43.4 Å². The second-order valence-electron chi connectivity index (χ2n) is 4.00. The molecular formula is C13H20O3. The molecule has 0 N–H and O–H groups in total. The molecule has 0 saturated heterocycles. The molecule has 0 aromatic carbocycles. The lowest BCUT2D eigenvalue weighted by atomic mass is 9.93. The third-order valence-corrected chi connectivity index (χ3v) is 2.30. The Balaban J connectivity index is 4.24. The zero-order chi connectivity index (χ0) is 12.6.